The molecule has 0 spiro atoms. The molecule has 0 radical (unpaired) electrons. The molecule has 0 heterocycles. The Balaban J connectivity index is 2.30. The molecule has 0 fully saturated rings. The summed E-state index contributed by atoms with van der Waals surface area (Å²) in [4.78, 5) is 14.1. The molecule has 0 aliphatic carbocycles. The first-order valence-electron chi connectivity index (χ1n) is 6.80. The Morgan fingerprint density at radius 1 is 1.27 bits per heavy atom. The summed E-state index contributed by atoms with van der Waals surface area (Å²) >= 11 is 5.97. The molecule has 116 valence electrons. The molecule has 5 heteroatoms. The van der Waals surface area contributed by atoms with Crippen molar-refractivity contribution < 1.29 is 13.9 Å². The lowest BCUT2D eigenvalue weighted by Gasteiger charge is -2.27. The maximum Gasteiger partial charge on any atom is 0.255 e. The fourth-order valence-corrected chi connectivity index (χ4v) is 2.50. The molecule has 1 atom stereocenters. The predicted octanol–water partition coefficient (Wildman–Crippen LogP) is 4.32. The van der Waals surface area contributed by atoms with Crippen molar-refractivity contribution in [3.8, 4) is 5.75 Å². The molecule has 1 amide bonds. The highest BCUT2D eigenvalue weighted by Gasteiger charge is 2.23. The van der Waals surface area contributed by atoms with Gasteiger partial charge in [0.2, 0.25) is 0 Å². The summed E-state index contributed by atoms with van der Waals surface area (Å²) in [5, 5.41) is 0.101. The largest absolute Gasteiger partial charge is 0.496 e. The molecule has 0 aliphatic heterocycles. The Morgan fingerprint density at radius 3 is 2.59 bits per heavy atom. The first-order valence-corrected chi connectivity index (χ1v) is 7.18. The molecule has 0 aromatic heterocycles. The van der Waals surface area contributed by atoms with Crippen molar-refractivity contribution in [2.75, 3.05) is 14.2 Å². The van der Waals surface area contributed by atoms with Gasteiger partial charge < -0.3 is 9.64 Å². The van der Waals surface area contributed by atoms with Crippen molar-refractivity contribution in [2.24, 2.45) is 0 Å². The van der Waals surface area contributed by atoms with Gasteiger partial charge in [-0.2, -0.15) is 0 Å². The van der Waals surface area contributed by atoms with Gasteiger partial charge in [-0.15, -0.1) is 0 Å². The Labute approximate surface area is 134 Å². The van der Waals surface area contributed by atoms with Crippen molar-refractivity contribution >= 4 is 17.5 Å². The second-order valence-corrected chi connectivity index (χ2v) is 5.37. The molecule has 2 rings (SSSR count). The first kappa shape index (κ1) is 16.3. The van der Waals surface area contributed by atoms with Crippen molar-refractivity contribution in [1.29, 1.82) is 0 Å². The van der Waals surface area contributed by atoms with Gasteiger partial charge in [-0.3, -0.25) is 4.79 Å². The van der Waals surface area contributed by atoms with Gasteiger partial charge in [0.1, 0.15) is 11.6 Å². The lowest BCUT2D eigenvalue weighted by atomic mass is 10.0. The lowest BCUT2D eigenvalue weighted by Crippen LogP contribution is -2.30. The van der Waals surface area contributed by atoms with Gasteiger partial charge in [0.25, 0.3) is 5.91 Å². The van der Waals surface area contributed by atoms with E-state index in [0.717, 1.165) is 11.6 Å². The molecule has 3 nitrogen and oxygen atoms in total. The lowest BCUT2D eigenvalue weighted by molar-refractivity contribution is 0.0741. The van der Waals surface area contributed by atoms with Crippen LogP contribution in [0.3, 0.4) is 0 Å². The van der Waals surface area contributed by atoms with E-state index in [9.17, 15) is 9.18 Å². The van der Waals surface area contributed by atoms with E-state index in [1.165, 1.54) is 12.1 Å². The van der Waals surface area contributed by atoms with Crippen LogP contribution in [0.2, 0.25) is 5.02 Å². The molecule has 0 N–H and O–H groups in total. The Bertz CT molecular complexity index is 690. The number of benzene rings is 2. The number of rotatable bonds is 4. The third-order valence-corrected chi connectivity index (χ3v) is 3.96. The van der Waals surface area contributed by atoms with Gasteiger partial charge in [-0.05, 0) is 31.2 Å². The van der Waals surface area contributed by atoms with Crippen LogP contribution in [-0.2, 0) is 0 Å². The third kappa shape index (κ3) is 3.22. The summed E-state index contributed by atoms with van der Waals surface area (Å²) in [5.41, 5.74) is 1.16. The topological polar surface area (TPSA) is 29.5 Å². The van der Waals surface area contributed by atoms with Gasteiger partial charge >= 0.3 is 0 Å². The molecule has 2 aromatic rings. The predicted molar refractivity (Wildman–Crippen MR) is 84.9 cm³/mol. The van der Waals surface area contributed by atoms with Gasteiger partial charge in [0.05, 0.1) is 23.7 Å². The fourth-order valence-electron chi connectivity index (χ4n) is 2.25. The zero-order valence-corrected chi connectivity index (χ0v) is 13.4. The van der Waals surface area contributed by atoms with Crippen LogP contribution in [0.4, 0.5) is 4.39 Å². The molecular formula is C17H17ClFNO2. The van der Waals surface area contributed by atoms with Crippen molar-refractivity contribution in [3.05, 3.63) is 64.4 Å². The van der Waals surface area contributed by atoms with E-state index in [-0.39, 0.29) is 22.5 Å². The van der Waals surface area contributed by atoms with E-state index in [1.807, 2.05) is 31.2 Å². The van der Waals surface area contributed by atoms with Crippen LogP contribution in [0, 0.1) is 5.82 Å². The SMILES string of the molecule is COc1ccccc1C(C)N(C)C(=O)c1ccc(F)cc1Cl. The number of carbonyl (C=O) groups is 1. The summed E-state index contributed by atoms with van der Waals surface area (Å²) in [6, 6.07) is 11.0. The van der Waals surface area contributed by atoms with Gasteiger partial charge in [-0.1, -0.05) is 29.8 Å². The summed E-state index contributed by atoms with van der Waals surface area (Å²) < 4.78 is 18.4. The quantitative estimate of drug-likeness (QED) is 0.839. The van der Waals surface area contributed by atoms with E-state index in [0.29, 0.717) is 5.75 Å². The van der Waals surface area contributed by atoms with E-state index < -0.39 is 5.82 Å². The van der Waals surface area contributed by atoms with Crippen LogP contribution in [-0.4, -0.2) is 25.0 Å². The third-order valence-electron chi connectivity index (χ3n) is 3.65. The number of carbonyl (C=O) groups excluding carboxylic acids is 1. The number of hydrogen-bond donors (Lipinski definition) is 0. The average molecular weight is 322 g/mol. The molecule has 0 aliphatic rings. The molecule has 2 aromatic carbocycles. The zero-order chi connectivity index (χ0) is 16.3. The van der Waals surface area contributed by atoms with Crippen LogP contribution in [0.1, 0.15) is 28.9 Å². The number of amides is 1. The number of para-hydroxylation sites is 1. The Morgan fingerprint density at radius 2 is 1.95 bits per heavy atom. The Kier molecular flexibility index (Phi) is 5.03. The van der Waals surface area contributed by atoms with E-state index in [2.05, 4.69) is 0 Å². The molecular weight excluding hydrogens is 305 g/mol. The highest BCUT2D eigenvalue weighted by atomic mass is 35.5. The Hall–Kier alpha value is -2.07. The summed E-state index contributed by atoms with van der Waals surface area (Å²) in [7, 11) is 3.27. The van der Waals surface area contributed by atoms with E-state index >= 15 is 0 Å². The van der Waals surface area contributed by atoms with Crippen molar-refractivity contribution in [1.82, 2.24) is 4.90 Å². The minimum absolute atomic E-state index is 0.101. The van der Waals surface area contributed by atoms with Crippen molar-refractivity contribution in [3.63, 3.8) is 0 Å². The van der Waals surface area contributed by atoms with E-state index in [4.69, 9.17) is 16.3 Å². The second-order valence-electron chi connectivity index (χ2n) is 4.96. The number of methoxy groups -OCH3 is 1. The number of halogens is 2. The molecule has 1 unspecified atom stereocenters. The molecule has 0 saturated heterocycles. The minimum Gasteiger partial charge on any atom is -0.496 e. The second kappa shape index (κ2) is 6.79. The smallest absolute Gasteiger partial charge is 0.255 e. The van der Waals surface area contributed by atoms with Gasteiger partial charge in [-0.25, -0.2) is 4.39 Å². The number of hydrogen-bond acceptors (Lipinski definition) is 2. The molecule has 0 bridgehead atoms. The zero-order valence-electron chi connectivity index (χ0n) is 12.6. The molecule has 0 saturated carbocycles. The number of ether oxygens (including phenoxy) is 1. The highest BCUT2D eigenvalue weighted by Crippen LogP contribution is 2.30. The summed E-state index contributed by atoms with van der Waals surface area (Å²) in [6.07, 6.45) is 0. The fraction of sp³-hybridized carbons (Fsp3) is 0.235. The van der Waals surface area contributed by atoms with E-state index in [1.54, 1.807) is 19.1 Å². The van der Waals surface area contributed by atoms with Crippen LogP contribution in [0.15, 0.2) is 42.5 Å². The standard InChI is InChI=1S/C17H17ClFNO2/c1-11(13-6-4-5-7-16(13)22-3)20(2)17(21)14-9-8-12(19)10-15(14)18/h4-11H,1-3H3. The van der Waals surface area contributed by atoms with Gasteiger partial charge in [0.15, 0.2) is 0 Å². The minimum atomic E-state index is -0.470. The highest BCUT2D eigenvalue weighted by molar-refractivity contribution is 6.33. The van der Waals surface area contributed by atoms with Crippen LogP contribution in [0.5, 0.6) is 5.75 Å². The monoisotopic (exact) mass is 321 g/mol. The summed E-state index contributed by atoms with van der Waals surface area (Å²) in [5.74, 6) is -0.0368. The normalized spacial score (nSPS) is 11.9. The van der Waals surface area contributed by atoms with Crippen LogP contribution < -0.4 is 4.74 Å². The molecule has 22 heavy (non-hydrogen) atoms. The summed E-state index contributed by atoms with van der Waals surface area (Å²) in [6.45, 7) is 1.90. The maximum absolute atomic E-state index is 13.1. The first-order chi connectivity index (χ1) is 10.5. The average Bonchev–Trinajstić information content (AvgIpc) is 2.52. The van der Waals surface area contributed by atoms with Crippen LogP contribution >= 0.6 is 11.6 Å². The number of nitrogens with zero attached hydrogens (tertiary/aromatic N) is 1. The van der Waals surface area contributed by atoms with Crippen LogP contribution in [0.25, 0.3) is 0 Å². The van der Waals surface area contributed by atoms with Crippen molar-refractivity contribution in [2.45, 2.75) is 13.0 Å². The maximum atomic E-state index is 13.1. The van der Waals surface area contributed by atoms with Gasteiger partial charge in [0, 0.05) is 12.6 Å².